The van der Waals surface area contributed by atoms with Crippen molar-refractivity contribution >= 4 is 17.8 Å². The van der Waals surface area contributed by atoms with E-state index >= 15 is 0 Å². The maximum atomic E-state index is 10.5. The van der Waals surface area contributed by atoms with Gasteiger partial charge in [-0.25, -0.2) is 9.59 Å². The second-order valence-corrected chi connectivity index (χ2v) is 4.90. The lowest BCUT2D eigenvalue weighted by molar-refractivity contribution is 0.0651. The van der Waals surface area contributed by atoms with E-state index in [1.165, 1.54) is 62.5 Å². The normalized spacial score (nSPS) is 16.4. The van der Waals surface area contributed by atoms with Gasteiger partial charge in [0.15, 0.2) is 0 Å². The number of aromatic carboxylic acids is 2. The molecule has 1 saturated heterocycles. The van der Waals surface area contributed by atoms with Gasteiger partial charge in [-0.2, -0.15) is 0 Å². The third-order valence-corrected chi connectivity index (χ3v) is 3.46. The Balaban J connectivity index is 0.000000159. The lowest BCUT2D eigenvalue weighted by Crippen LogP contribution is -2.29. The van der Waals surface area contributed by atoms with Crippen LogP contribution < -0.4 is 0 Å². The van der Waals surface area contributed by atoms with Gasteiger partial charge in [-0.3, -0.25) is 4.99 Å². The number of carboxylic acids is 2. The van der Waals surface area contributed by atoms with Gasteiger partial charge in [-0.15, -0.1) is 0 Å². The molecule has 21 heavy (non-hydrogen) atoms. The first-order valence-electron chi connectivity index (χ1n) is 6.93. The van der Waals surface area contributed by atoms with Crippen LogP contribution in [0, 0.1) is 0 Å². The van der Waals surface area contributed by atoms with Crippen molar-refractivity contribution in [3.63, 3.8) is 0 Å². The molecule has 0 saturated carbocycles. The van der Waals surface area contributed by atoms with Crippen molar-refractivity contribution in [1.82, 2.24) is 4.90 Å². The number of nitrogens with zero attached hydrogens (tertiary/aromatic N) is 2. The zero-order valence-corrected chi connectivity index (χ0v) is 11.7. The number of benzene rings is 1. The van der Waals surface area contributed by atoms with E-state index in [4.69, 9.17) is 10.2 Å². The molecule has 0 aliphatic carbocycles. The standard InChI is InChI=1S/C8H6O4.C7H12N2/c9-7(10)5-3-1-2-4-6(5)8(11)12;1-3-7-8-4-2-6-9(7)5-1/h1-4H,(H,9,10)(H,11,12);1-6H2. The molecule has 2 aliphatic rings. The maximum Gasteiger partial charge on any atom is 0.336 e. The van der Waals surface area contributed by atoms with E-state index < -0.39 is 11.9 Å². The van der Waals surface area contributed by atoms with Crippen molar-refractivity contribution < 1.29 is 19.8 Å². The van der Waals surface area contributed by atoms with Crippen LogP contribution in [-0.2, 0) is 0 Å². The molecule has 1 fully saturated rings. The molecule has 0 aromatic heterocycles. The van der Waals surface area contributed by atoms with E-state index in [0.29, 0.717) is 0 Å². The largest absolute Gasteiger partial charge is 0.478 e. The van der Waals surface area contributed by atoms with Crippen molar-refractivity contribution in [2.75, 3.05) is 19.6 Å². The number of fused-ring (bicyclic) bond motifs is 1. The van der Waals surface area contributed by atoms with Crippen LogP contribution in [0.1, 0.15) is 40.0 Å². The van der Waals surface area contributed by atoms with Crippen LogP contribution in [0.25, 0.3) is 0 Å². The number of carboxylic acid groups (broad SMARTS) is 2. The van der Waals surface area contributed by atoms with Gasteiger partial charge < -0.3 is 15.1 Å². The first-order chi connectivity index (χ1) is 10.1. The van der Waals surface area contributed by atoms with Crippen LogP contribution in [0.5, 0.6) is 0 Å². The smallest absolute Gasteiger partial charge is 0.336 e. The summed E-state index contributed by atoms with van der Waals surface area (Å²) in [4.78, 5) is 27.8. The highest BCUT2D eigenvalue weighted by molar-refractivity contribution is 6.01. The van der Waals surface area contributed by atoms with Gasteiger partial charge in [0.25, 0.3) is 0 Å². The highest BCUT2D eigenvalue weighted by Gasteiger charge is 2.19. The van der Waals surface area contributed by atoms with Crippen molar-refractivity contribution in [1.29, 1.82) is 0 Å². The van der Waals surface area contributed by atoms with E-state index in [2.05, 4.69) is 9.89 Å². The van der Waals surface area contributed by atoms with Crippen molar-refractivity contribution in [3.05, 3.63) is 35.4 Å². The Hall–Kier alpha value is -2.37. The monoisotopic (exact) mass is 290 g/mol. The minimum Gasteiger partial charge on any atom is -0.478 e. The SMILES string of the molecule is C1CN=C2CCCN2C1.O=C(O)c1ccccc1C(=O)O. The highest BCUT2D eigenvalue weighted by Crippen LogP contribution is 2.14. The number of hydrogen-bond acceptors (Lipinski definition) is 4. The molecule has 0 bridgehead atoms. The molecule has 2 heterocycles. The van der Waals surface area contributed by atoms with Gasteiger partial charge in [0.1, 0.15) is 0 Å². The maximum absolute atomic E-state index is 10.5. The molecule has 0 amide bonds. The molecule has 112 valence electrons. The van der Waals surface area contributed by atoms with Gasteiger partial charge in [-0.05, 0) is 25.0 Å². The Bertz CT molecular complexity index is 536. The predicted octanol–water partition coefficient (Wildman–Crippen LogP) is 1.97. The van der Waals surface area contributed by atoms with Crippen LogP contribution in [0.15, 0.2) is 29.3 Å². The molecule has 0 atom stereocenters. The van der Waals surface area contributed by atoms with Crippen molar-refractivity contribution in [3.8, 4) is 0 Å². The summed E-state index contributed by atoms with van der Waals surface area (Å²) in [6.45, 7) is 3.60. The fraction of sp³-hybridized carbons (Fsp3) is 0.400. The number of aliphatic imine (C=N–C) groups is 1. The summed E-state index contributed by atoms with van der Waals surface area (Å²) in [5, 5.41) is 17.1. The Morgan fingerprint density at radius 3 is 2.10 bits per heavy atom. The van der Waals surface area contributed by atoms with Gasteiger partial charge in [-0.1, -0.05) is 12.1 Å². The molecule has 2 aliphatic heterocycles. The molecular formula is C15H18N2O4. The molecule has 1 aromatic carbocycles. The molecule has 1 aromatic rings. The second kappa shape index (κ2) is 6.88. The first-order valence-corrected chi connectivity index (χ1v) is 6.93. The summed E-state index contributed by atoms with van der Waals surface area (Å²) in [6, 6.07) is 5.48. The molecule has 3 rings (SSSR count). The molecule has 6 nitrogen and oxygen atoms in total. The summed E-state index contributed by atoms with van der Waals surface area (Å²) >= 11 is 0. The number of hydrogen-bond donors (Lipinski definition) is 2. The van der Waals surface area contributed by atoms with Gasteiger partial charge in [0.2, 0.25) is 0 Å². The summed E-state index contributed by atoms with van der Waals surface area (Å²) < 4.78 is 0. The van der Waals surface area contributed by atoms with E-state index in [9.17, 15) is 9.59 Å². The third-order valence-electron chi connectivity index (χ3n) is 3.46. The lowest BCUT2D eigenvalue weighted by atomic mass is 10.1. The topological polar surface area (TPSA) is 90.2 Å². The third kappa shape index (κ3) is 3.81. The van der Waals surface area contributed by atoms with Crippen LogP contribution >= 0.6 is 0 Å². The molecular weight excluding hydrogens is 272 g/mol. The number of amidine groups is 1. The summed E-state index contributed by atoms with van der Waals surface area (Å²) in [5.74, 6) is -1.08. The molecule has 0 radical (unpaired) electrons. The van der Waals surface area contributed by atoms with E-state index in [1.54, 1.807) is 0 Å². The minimum atomic E-state index is -1.23. The first kappa shape index (κ1) is 15.0. The molecule has 2 N–H and O–H groups in total. The Kier molecular flexibility index (Phi) is 4.92. The van der Waals surface area contributed by atoms with Gasteiger partial charge >= 0.3 is 11.9 Å². The summed E-state index contributed by atoms with van der Waals surface area (Å²) in [7, 11) is 0. The van der Waals surface area contributed by atoms with Crippen LogP contribution in [0.2, 0.25) is 0 Å². The number of rotatable bonds is 2. The van der Waals surface area contributed by atoms with Crippen LogP contribution in [-0.4, -0.2) is 52.5 Å². The van der Waals surface area contributed by atoms with Crippen molar-refractivity contribution in [2.24, 2.45) is 4.99 Å². The van der Waals surface area contributed by atoms with E-state index in [1.807, 2.05) is 0 Å². The molecule has 0 unspecified atom stereocenters. The van der Waals surface area contributed by atoms with Gasteiger partial charge in [0.05, 0.1) is 17.0 Å². The fourth-order valence-corrected chi connectivity index (χ4v) is 2.46. The Morgan fingerprint density at radius 1 is 1.00 bits per heavy atom. The van der Waals surface area contributed by atoms with Crippen LogP contribution in [0.3, 0.4) is 0 Å². The summed E-state index contributed by atoms with van der Waals surface area (Å²) in [6.07, 6.45) is 3.84. The molecule has 0 spiro atoms. The zero-order valence-electron chi connectivity index (χ0n) is 11.7. The quantitative estimate of drug-likeness (QED) is 0.869. The number of carbonyl (C=O) groups is 2. The van der Waals surface area contributed by atoms with Crippen molar-refractivity contribution in [2.45, 2.75) is 19.3 Å². The Labute approximate surface area is 122 Å². The lowest BCUT2D eigenvalue weighted by Gasteiger charge is -2.21. The average Bonchev–Trinajstić information content (AvgIpc) is 2.96. The van der Waals surface area contributed by atoms with Crippen LogP contribution in [0.4, 0.5) is 0 Å². The van der Waals surface area contributed by atoms with E-state index in [-0.39, 0.29) is 11.1 Å². The average molecular weight is 290 g/mol. The van der Waals surface area contributed by atoms with Gasteiger partial charge in [0, 0.05) is 26.1 Å². The van der Waals surface area contributed by atoms with E-state index in [0.717, 1.165) is 6.54 Å². The fourth-order valence-electron chi connectivity index (χ4n) is 2.46. The Morgan fingerprint density at radius 2 is 1.57 bits per heavy atom. The highest BCUT2D eigenvalue weighted by atomic mass is 16.4. The second-order valence-electron chi connectivity index (χ2n) is 4.90. The minimum absolute atomic E-state index is 0.190. The summed E-state index contributed by atoms with van der Waals surface area (Å²) in [5.41, 5.74) is -0.380. The predicted molar refractivity (Wildman–Crippen MR) is 78.1 cm³/mol. The zero-order chi connectivity index (χ0) is 15.2. The molecule has 6 heteroatoms.